The van der Waals surface area contributed by atoms with Gasteiger partial charge in [0.1, 0.15) is 5.82 Å². The van der Waals surface area contributed by atoms with Crippen LogP contribution in [-0.2, 0) is 9.59 Å². The lowest BCUT2D eigenvalue weighted by atomic mass is 9.95. The van der Waals surface area contributed by atoms with Crippen LogP contribution in [0.1, 0.15) is 27.2 Å². The first kappa shape index (κ1) is 14.5. The zero-order valence-corrected chi connectivity index (χ0v) is 11.9. The molecule has 1 aromatic rings. The lowest BCUT2D eigenvalue weighted by molar-refractivity contribution is -0.129. The summed E-state index contributed by atoms with van der Waals surface area (Å²) in [7, 11) is 0. The summed E-state index contributed by atoms with van der Waals surface area (Å²) in [5, 5.41) is 2.88. The summed E-state index contributed by atoms with van der Waals surface area (Å²) in [6.07, 6.45) is 0.277. The van der Waals surface area contributed by atoms with Crippen LogP contribution in [0.25, 0.3) is 0 Å². The highest BCUT2D eigenvalue weighted by atomic mass is 19.1. The first-order valence-corrected chi connectivity index (χ1v) is 6.64. The molecule has 0 radical (unpaired) electrons. The summed E-state index contributed by atoms with van der Waals surface area (Å²) in [5.41, 5.74) is 0.177. The van der Waals surface area contributed by atoms with Gasteiger partial charge in [-0.15, -0.1) is 0 Å². The van der Waals surface area contributed by atoms with Crippen molar-refractivity contribution in [3.8, 4) is 0 Å². The van der Waals surface area contributed by atoms with Crippen LogP contribution in [0.5, 0.6) is 0 Å². The molecule has 2 amide bonds. The molecule has 1 aliphatic heterocycles. The van der Waals surface area contributed by atoms with Gasteiger partial charge in [0.2, 0.25) is 11.8 Å². The van der Waals surface area contributed by atoms with Crippen LogP contribution >= 0.6 is 0 Å². The molecule has 1 heterocycles. The van der Waals surface area contributed by atoms with Gasteiger partial charge in [0.05, 0.1) is 6.04 Å². The first-order valence-electron chi connectivity index (χ1n) is 6.64. The highest BCUT2D eigenvalue weighted by Crippen LogP contribution is 2.23. The zero-order valence-electron chi connectivity index (χ0n) is 11.9. The Bertz CT molecular complexity index is 520. The van der Waals surface area contributed by atoms with Crippen molar-refractivity contribution in [2.45, 2.75) is 33.2 Å². The molecule has 0 spiro atoms. The summed E-state index contributed by atoms with van der Waals surface area (Å²) < 4.78 is 12.9. The third-order valence-electron chi connectivity index (χ3n) is 3.28. The fourth-order valence-electron chi connectivity index (χ4n) is 2.08. The van der Waals surface area contributed by atoms with Gasteiger partial charge in [-0.05, 0) is 24.3 Å². The topological polar surface area (TPSA) is 49.4 Å². The maximum absolute atomic E-state index is 12.9. The Labute approximate surface area is 118 Å². The Morgan fingerprint density at radius 1 is 1.30 bits per heavy atom. The quantitative estimate of drug-likeness (QED) is 0.900. The third kappa shape index (κ3) is 3.15. The first-order chi connectivity index (χ1) is 9.27. The molecule has 2 rings (SSSR count). The molecule has 0 saturated carbocycles. The van der Waals surface area contributed by atoms with E-state index < -0.39 is 5.41 Å². The smallest absolute Gasteiger partial charge is 0.229 e. The van der Waals surface area contributed by atoms with E-state index in [2.05, 4.69) is 5.32 Å². The molecule has 1 saturated heterocycles. The van der Waals surface area contributed by atoms with Crippen molar-refractivity contribution >= 4 is 17.5 Å². The fraction of sp³-hybridized carbons (Fsp3) is 0.467. The molecule has 108 valence electrons. The Balaban J connectivity index is 2.04. The molecule has 5 heteroatoms. The van der Waals surface area contributed by atoms with E-state index in [-0.39, 0.29) is 30.1 Å². The number of hydrogen-bond acceptors (Lipinski definition) is 2. The monoisotopic (exact) mass is 278 g/mol. The summed E-state index contributed by atoms with van der Waals surface area (Å²) in [4.78, 5) is 25.5. The van der Waals surface area contributed by atoms with Crippen molar-refractivity contribution in [2.24, 2.45) is 5.41 Å². The molecule has 0 aromatic heterocycles. The molecular formula is C15H19FN2O2. The minimum Gasteiger partial charge on any atom is -0.351 e. The van der Waals surface area contributed by atoms with Gasteiger partial charge in [0.15, 0.2) is 0 Å². The molecule has 0 bridgehead atoms. The lowest BCUT2D eigenvalue weighted by Crippen LogP contribution is -2.43. The second kappa shape index (κ2) is 5.23. The van der Waals surface area contributed by atoms with Crippen molar-refractivity contribution in [3.05, 3.63) is 30.1 Å². The molecule has 1 aliphatic rings. The third-order valence-corrected chi connectivity index (χ3v) is 3.28. The Morgan fingerprint density at radius 3 is 2.45 bits per heavy atom. The number of anilines is 1. The summed E-state index contributed by atoms with van der Waals surface area (Å²) in [5.74, 6) is -0.468. The van der Waals surface area contributed by atoms with Crippen LogP contribution in [0.3, 0.4) is 0 Å². The van der Waals surface area contributed by atoms with Crippen molar-refractivity contribution in [1.82, 2.24) is 5.32 Å². The molecular weight excluding hydrogens is 259 g/mol. The Hall–Kier alpha value is -1.91. The number of nitrogens with zero attached hydrogens (tertiary/aromatic N) is 1. The second-order valence-electron chi connectivity index (χ2n) is 6.11. The molecule has 20 heavy (non-hydrogen) atoms. The molecule has 4 nitrogen and oxygen atoms in total. The lowest BCUT2D eigenvalue weighted by Gasteiger charge is -2.21. The minimum absolute atomic E-state index is 0.0594. The molecule has 0 unspecified atom stereocenters. The standard InChI is InChI=1S/C15H19FN2O2/c1-15(2,3)14(20)17-11-8-13(19)18(9-11)12-6-4-10(16)5-7-12/h4-7,11H,8-9H2,1-3H3,(H,17,20)/t11-/m1/s1. The average Bonchev–Trinajstić information content (AvgIpc) is 2.70. The van der Waals surface area contributed by atoms with Gasteiger partial charge in [0, 0.05) is 24.1 Å². The van der Waals surface area contributed by atoms with Crippen molar-refractivity contribution in [3.63, 3.8) is 0 Å². The predicted octanol–water partition coefficient (Wildman–Crippen LogP) is 2.09. The van der Waals surface area contributed by atoms with E-state index in [0.29, 0.717) is 12.2 Å². The normalized spacial score (nSPS) is 19.3. The number of halogens is 1. The van der Waals surface area contributed by atoms with E-state index in [1.165, 1.54) is 12.1 Å². The Morgan fingerprint density at radius 2 is 1.90 bits per heavy atom. The van der Waals surface area contributed by atoms with E-state index >= 15 is 0 Å². The van der Waals surface area contributed by atoms with Crippen molar-refractivity contribution in [2.75, 3.05) is 11.4 Å². The van der Waals surface area contributed by atoms with Crippen LogP contribution in [0.15, 0.2) is 24.3 Å². The van der Waals surface area contributed by atoms with E-state index in [1.807, 2.05) is 20.8 Å². The summed E-state index contributed by atoms with van der Waals surface area (Å²) in [6, 6.07) is 5.59. The van der Waals surface area contributed by atoms with Gasteiger partial charge in [-0.2, -0.15) is 0 Å². The van der Waals surface area contributed by atoms with Crippen LogP contribution in [-0.4, -0.2) is 24.4 Å². The second-order valence-corrected chi connectivity index (χ2v) is 6.11. The average molecular weight is 278 g/mol. The maximum Gasteiger partial charge on any atom is 0.229 e. The van der Waals surface area contributed by atoms with Crippen molar-refractivity contribution < 1.29 is 14.0 Å². The molecule has 1 fully saturated rings. The van der Waals surface area contributed by atoms with Gasteiger partial charge in [-0.25, -0.2) is 4.39 Å². The van der Waals surface area contributed by atoms with Gasteiger partial charge < -0.3 is 10.2 Å². The van der Waals surface area contributed by atoms with Crippen LogP contribution in [0, 0.1) is 11.2 Å². The highest BCUT2D eigenvalue weighted by Gasteiger charge is 2.33. The fourth-order valence-corrected chi connectivity index (χ4v) is 2.08. The number of amides is 2. The van der Waals surface area contributed by atoms with Crippen LogP contribution in [0.2, 0.25) is 0 Å². The Kier molecular flexibility index (Phi) is 3.79. The predicted molar refractivity (Wildman–Crippen MR) is 74.8 cm³/mol. The maximum atomic E-state index is 12.9. The number of rotatable bonds is 2. The number of benzene rings is 1. The van der Waals surface area contributed by atoms with E-state index in [9.17, 15) is 14.0 Å². The van der Waals surface area contributed by atoms with Gasteiger partial charge in [-0.3, -0.25) is 9.59 Å². The van der Waals surface area contributed by atoms with Crippen molar-refractivity contribution in [1.29, 1.82) is 0 Å². The molecule has 1 atom stereocenters. The number of carbonyl (C=O) groups is 2. The minimum atomic E-state index is -0.480. The number of hydrogen-bond donors (Lipinski definition) is 1. The SMILES string of the molecule is CC(C)(C)C(=O)N[C@@H]1CC(=O)N(c2ccc(F)cc2)C1. The number of nitrogens with one attached hydrogen (secondary N) is 1. The molecule has 0 aliphatic carbocycles. The van der Waals surface area contributed by atoms with E-state index in [1.54, 1.807) is 17.0 Å². The van der Waals surface area contributed by atoms with Gasteiger partial charge in [0.25, 0.3) is 0 Å². The largest absolute Gasteiger partial charge is 0.351 e. The van der Waals surface area contributed by atoms with Gasteiger partial charge in [-0.1, -0.05) is 20.8 Å². The molecule has 1 aromatic carbocycles. The highest BCUT2D eigenvalue weighted by molar-refractivity contribution is 5.97. The molecule has 1 N–H and O–H groups in total. The van der Waals surface area contributed by atoms with E-state index in [4.69, 9.17) is 0 Å². The van der Waals surface area contributed by atoms with Crippen LogP contribution in [0.4, 0.5) is 10.1 Å². The number of carbonyl (C=O) groups excluding carboxylic acids is 2. The van der Waals surface area contributed by atoms with Crippen LogP contribution < -0.4 is 10.2 Å². The summed E-state index contributed by atoms with van der Waals surface area (Å²) in [6.45, 7) is 5.91. The van der Waals surface area contributed by atoms with Gasteiger partial charge >= 0.3 is 0 Å². The summed E-state index contributed by atoms with van der Waals surface area (Å²) >= 11 is 0. The van der Waals surface area contributed by atoms with E-state index in [0.717, 1.165) is 0 Å². The zero-order chi connectivity index (χ0) is 14.9.